The maximum atomic E-state index is 10.6. The van der Waals surface area contributed by atoms with Gasteiger partial charge in [0.2, 0.25) is 0 Å². The van der Waals surface area contributed by atoms with E-state index in [2.05, 4.69) is 4.74 Å². The van der Waals surface area contributed by atoms with Crippen LogP contribution in [0.5, 0.6) is 0 Å². The van der Waals surface area contributed by atoms with Crippen LogP contribution >= 0.6 is 11.8 Å². The lowest BCUT2D eigenvalue weighted by atomic mass is 10.5. The monoisotopic (exact) mass is 178 g/mol. The Bertz CT molecular complexity index is 106. The van der Waals surface area contributed by atoms with Crippen molar-refractivity contribution in [2.75, 3.05) is 25.2 Å². The standard InChI is InChI=1S/C7H14O3S/c1-10-7(9)3-6-11-5-2-4-8/h8H,2-6H2,1H3. The Morgan fingerprint density at radius 2 is 2.27 bits per heavy atom. The summed E-state index contributed by atoms with van der Waals surface area (Å²) in [6.07, 6.45) is 1.26. The SMILES string of the molecule is COC(=O)CCSCCCO. The lowest BCUT2D eigenvalue weighted by Crippen LogP contribution is -2.01. The van der Waals surface area contributed by atoms with E-state index in [1.807, 2.05) is 0 Å². The maximum absolute atomic E-state index is 10.6. The summed E-state index contributed by atoms with van der Waals surface area (Å²) < 4.78 is 4.46. The highest BCUT2D eigenvalue weighted by Gasteiger charge is 1.98. The van der Waals surface area contributed by atoms with E-state index >= 15 is 0 Å². The molecule has 0 radical (unpaired) electrons. The summed E-state index contributed by atoms with van der Waals surface area (Å²) in [7, 11) is 1.39. The molecular formula is C7H14O3S. The van der Waals surface area contributed by atoms with Gasteiger partial charge in [0.25, 0.3) is 0 Å². The van der Waals surface area contributed by atoms with Gasteiger partial charge in [-0.15, -0.1) is 0 Å². The molecule has 4 heteroatoms. The Labute approximate surface area is 71.1 Å². The Kier molecular flexibility index (Phi) is 7.72. The van der Waals surface area contributed by atoms with Gasteiger partial charge in [0.05, 0.1) is 13.5 Å². The number of hydrogen-bond donors (Lipinski definition) is 1. The van der Waals surface area contributed by atoms with Crippen LogP contribution in [0.3, 0.4) is 0 Å². The summed E-state index contributed by atoms with van der Waals surface area (Å²) in [6, 6.07) is 0. The van der Waals surface area contributed by atoms with E-state index in [1.165, 1.54) is 7.11 Å². The predicted octanol–water partition coefficient (Wildman–Crippen LogP) is 0.665. The highest BCUT2D eigenvalue weighted by molar-refractivity contribution is 7.99. The summed E-state index contributed by atoms with van der Waals surface area (Å²) >= 11 is 1.66. The van der Waals surface area contributed by atoms with Crippen LogP contribution in [-0.2, 0) is 9.53 Å². The van der Waals surface area contributed by atoms with Crippen molar-refractivity contribution in [3.05, 3.63) is 0 Å². The second kappa shape index (κ2) is 7.88. The minimum atomic E-state index is -0.165. The van der Waals surface area contributed by atoms with E-state index < -0.39 is 0 Å². The zero-order chi connectivity index (χ0) is 8.53. The molecule has 0 bridgehead atoms. The first kappa shape index (κ1) is 10.8. The molecule has 11 heavy (non-hydrogen) atoms. The molecule has 0 aromatic rings. The van der Waals surface area contributed by atoms with Crippen molar-refractivity contribution in [2.24, 2.45) is 0 Å². The van der Waals surface area contributed by atoms with Crippen molar-refractivity contribution < 1.29 is 14.6 Å². The van der Waals surface area contributed by atoms with Crippen molar-refractivity contribution in [3.63, 3.8) is 0 Å². The molecule has 0 spiro atoms. The normalized spacial score (nSPS) is 9.64. The average molecular weight is 178 g/mol. The molecule has 0 atom stereocenters. The molecule has 0 fully saturated rings. The van der Waals surface area contributed by atoms with Gasteiger partial charge in [0, 0.05) is 12.4 Å². The van der Waals surface area contributed by atoms with E-state index in [9.17, 15) is 4.79 Å². The zero-order valence-electron chi connectivity index (χ0n) is 6.71. The lowest BCUT2D eigenvalue weighted by molar-refractivity contribution is -0.140. The molecular weight excluding hydrogens is 164 g/mol. The van der Waals surface area contributed by atoms with Gasteiger partial charge in [-0.3, -0.25) is 4.79 Å². The summed E-state index contributed by atoms with van der Waals surface area (Å²) in [5.74, 6) is 1.53. The number of carbonyl (C=O) groups is 1. The summed E-state index contributed by atoms with van der Waals surface area (Å²) in [5.41, 5.74) is 0. The Morgan fingerprint density at radius 1 is 1.55 bits per heavy atom. The average Bonchev–Trinajstić information content (AvgIpc) is 2.04. The lowest BCUT2D eigenvalue weighted by Gasteiger charge is -1.98. The van der Waals surface area contributed by atoms with Crippen LogP contribution in [0.25, 0.3) is 0 Å². The van der Waals surface area contributed by atoms with Gasteiger partial charge >= 0.3 is 5.97 Å². The van der Waals surface area contributed by atoms with Crippen molar-refractivity contribution >= 4 is 17.7 Å². The van der Waals surface area contributed by atoms with Crippen LogP contribution in [0.1, 0.15) is 12.8 Å². The molecule has 0 aromatic carbocycles. The third-order valence-corrected chi connectivity index (χ3v) is 2.20. The molecule has 0 heterocycles. The molecule has 3 nitrogen and oxygen atoms in total. The molecule has 0 amide bonds. The molecule has 0 aliphatic carbocycles. The van der Waals surface area contributed by atoms with Crippen LogP contribution in [0, 0.1) is 0 Å². The fourth-order valence-electron chi connectivity index (χ4n) is 0.526. The molecule has 0 aliphatic heterocycles. The fourth-order valence-corrected chi connectivity index (χ4v) is 1.37. The van der Waals surface area contributed by atoms with Gasteiger partial charge in [0.15, 0.2) is 0 Å². The number of rotatable bonds is 6. The number of thioether (sulfide) groups is 1. The first-order valence-corrected chi connectivity index (χ1v) is 4.72. The minimum Gasteiger partial charge on any atom is -0.469 e. The third-order valence-electron chi connectivity index (χ3n) is 1.12. The Morgan fingerprint density at radius 3 is 2.82 bits per heavy atom. The van der Waals surface area contributed by atoms with Gasteiger partial charge in [-0.05, 0) is 12.2 Å². The molecule has 0 saturated carbocycles. The van der Waals surface area contributed by atoms with Crippen molar-refractivity contribution in [3.8, 4) is 0 Å². The number of aliphatic hydroxyl groups is 1. The Balaban J connectivity index is 2.95. The predicted molar refractivity (Wildman–Crippen MR) is 45.7 cm³/mol. The smallest absolute Gasteiger partial charge is 0.306 e. The molecule has 1 N–H and O–H groups in total. The second-order valence-corrected chi connectivity index (χ2v) is 3.24. The van der Waals surface area contributed by atoms with Crippen LogP contribution in [0.2, 0.25) is 0 Å². The number of hydrogen-bond acceptors (Lipinski definition) is 4. The van der Waals surface area contributed by atoms with Crippen molar-refractivity contribution in [1.82, 2.24) is 0 Å². The number of aliphatic hydroxyl groups excluding tert-OH is 1. The highest BCUT2D eigenvalue weighted by atomic mass is 32.2. The quantitative estimate of drug-likeness (QED) is 0.479. The maximum Gasteiger partial charge on any atom is 0.306 e. The van der Waals surface area contributed by atoms with Crippen molar-refractivity contribution in [1.29, 1.82) is 0 Å². The number of carbonyl (C=O) groups excluding carboxylic acids is 1. The van der Waals surface area contributed by atoms with Crippen LogP contribution < -0.4 is 0 Å². The second-order valence-electron chi connectivity index (χ2n) is 2.02. The summed E-state index contributed by atoms with van der Waals surface area (Å²) in [4.78, 5) is 10.6. The molecule has 0 aliphatic rings. The Hall–Kier alpha value is -0.220. The van der Waals surface area contributed by atoms with E-state index in [-0.39, 0.29) is 12.6 Å². The van der Waals surface area contributed by atoms with Crippen molar-refractivity contribution in [2.45, 2.75) is 12.8 Å². The first-order chi connectivity index (χ1) is 5.31. The van der Waals surface area contributed by atoms with E-state index in [0.29, 0.717) is 6.42 Å². The molecule has 66 valence electrons. The molecule has 0 rings (SSSR count). The van der Waals surface area contributed by atoms with E-state index in [1.54, 1.807) is 11.8 Å². The molecule has 0 aromatic heterocycles. The number of ether oxygens (including phenoxy) is 1. The third kappa shape index (κ3) is 7.68. The summed E-state index contributed by atoms with van der Waals surface area (Å²) in [5, 5.41) is 8.42. The van der Waals surface area contributed by atoms with Gasteiger partial charge in [0.1, 0.15) is 0 Å². The largest absolute Gasteiger partial charge is 0.469 e. The van der Waals surface area contributed by atoms with Gasteiger partial charge in [-0.1, -0.05) is 0 Å². The van der Waals surface area contributed by atoms with E-state index in [0.717, 1.165) is 17.9 Å². The fraction of sp³-hybridized carbons (Fsp3) is 0.857. The van der Waals surface area contributed by atoms with Crippen LogP contribution in [0.15, 0.2) is 0 Å². The van der Waals surface area contributed by atoms with Gasteiger partial charge in [-0.2, -0.15) is 11.8 Å². The summed E-state index contributed by atoms with van der Waals surface area (Å²) in [6.45, 7) is 0.227. The van der Waals surface area contributed by atoms with E-state index in [4.69, 9.17) is 5.11 Å². The number of esters is 1. The zero-order valence-corrected chi connectivity index (χ0v) is 7.52. The first-order valence-electron chi connectivity index (χ1n) is 3.56. The highest BCUT2D eigenvalue weighted by Crippen LogP contribution is 2.04. The minimum absolute atomic E-state index is 0.165. The number of methoxy groups -OCH3 is 1. The molecule has 0 unspecified atom stereocenters. The van der Waals surface area contributed by atoms with Gasteiger partial charge < -0.3 is 9.84 Å². The topological polar surface area (TPSA) is 46.5 Å². The van der Waals surface area contributed by atoms with Crippen LogP contribution in [-0.4, -0.2) is 36.3 Å². The van der Waals surface area contributed by atoms with Gasteiger partial charge in [-0.25, -0.2) is 0 Å². The molecule has 0 saturated heterocycles. The van der Waals surface area contributed by atoms with Crippen LogP contribution in [0.4, 0.5) is 0 Å².